The zero-order chi connectivity index (χ0) is 21.1. The number of carbonyl (C=O) groups is 1. The molecule has 1 saturated heterocycles. The van der Waals surface area contributed by atoms with E-state index in [9.17, 15) is 4.79 Å². The molecule has 154 valence electrons. The number of rotatable bonds is 4. The number of benzene rings is 3. The highest BCUT2D eigenvalue weighted by Gasteiger charge is 2.31. The summed E-state index contributed by atoms with van der Waals surface area (Å²) >= 11 is 12.3. The zero-order valence-electron chi connectivity index (χ0n) is 16.9. The average molecular weight is 439 g/mol. The van der Waals surface area contributed by atoms with E-state index in [1.54, 1.807) is 0 Å². The van der Waals surface area contributed by atoms with E-state index in [1.165, 1.54) is 0 Å². The van der Waals surface area contributed by atoms with Crippen LogP contribution in [0, 0.1) is 6.92 Å². The molecule has 3 aromatic carbocycles. The third kappa shape index (κ3) is 4.63. The molecule has 0 radical (unpaired) electrons. The van der Waals surface area contributed by atoms with Crippen molar-refractivity contribution in [2.45, 2.75) is 19.4 Å². The van der Waals surface area contributed by atoms with Crippen LogP contribution in [0.25, 0.3) is 0 Å². The molecule has 3 aromatic rings. The Morgan fingerprint density at radius 2 is 1.63 bits per heavy atom. The van der Waals surface area contributed by atoms with Gasteiger partial charge in [-0.2, -0.15) is 0 Å². The van der Waals surface area contributed by atoms with Gasteiger partial charge in [0.05, 0.1) is 12.5 Å². The summed E-state index contributed by atoms with van der Waals surface area (Å²) in [7, 11) is 0. The van der Waals surface area contributed by atoms with Gasteiger partial charge in [-0.3, -0.25) is 4.79 Å². The van der Waals surface area contributed by atoms with E-state index >= 15 is 0 Å². The van der Waals surface area contributed by atoms with E-state index in [0.717, 1.165) is 33.9 Å². The van der Waals surface area contributed by atoms with Crippen LogP contribution in [0.4, 0.5) is 5.69 Å². The quantitative estimate of drug-likeness (QED) is 0.503. The van der Waals surface area contributed by atoms with E-state index in [1.807, 2.05) is 59.5 Å². The summed E-state index contributed by atoms with van der Waals surface area (Å²) in [6.07, 6.45) is 0.425. The molecule has 1 aliphatic rings. The molecule has 1 fully saturated rings. The van der Waals surface area contributed by atoms with Crippen LogP contribution in [-0.4, -0.2) is 30.4 Å². The molecule has 1 amide bonds. The van der Waals surface area contributed by atoms with E-state index in [2.05, 4.69) is 30.0 Å². The van der Waals surface area contributed by atoms with Crippen LogP contribution >= 0.6 is 23.2 Å². The molecule has 1 heterocycles. The molecule has 3 nitrogen and oxygen atoms in total. The summed E-state index contributed by atoms with van der Waals surface area (Å²) < 4.78 is 0. The van der Waals surface area contributed by atoms with Gasteiger partial charge in [0.15, 0.2) is 0 Å². The van der Waals surface area contributed by atoms with Crippen LogP contribution < -0.4 is 4.90 Å². The molecule has 0 N–H and O–H groups in total. The van der Waals surface area contributed by atoms with Crippen LogP contribution in [0.5, 0.6) is 0 Å². The van der Waals surface area contributed by atoms with Crippen LogP contribution in [0.1, 0.15) is 22.7 Å². The van der Waals surface area contributed by atoms with Gasteiger partial charge in [0.1, 0.15) is 0 Å². The fourth-order valence-corrected chi connectivity index (χ4v) is 4.44. The Balaban J connectivity index is 1.61. The van der Waals surface area contributed by atoms with Crippen LogP contribution in [-0.2, 0) is 11.2 Å². The summed E-state index contributed by atoms with van der Waals surface area (Å²) in [5.74, 6) is 0.160. The average Bonchev–Trinajstić information content (AvgIpc) is 2.75. The highest BCUT2D eigenvalue weighted by molar-refractivity contribution is 6.31. The monoisotopic (exact) mass is 438 g/mol. The van der Waals surface area contributed by atoms with Crippen molar-refractivity contribution in [3.05, 3.63) is 99.5 Å². The van der Waals surface area contributed by atoms with Crippen molar-refractivity contribution in [1.82, 2.24) is 4.90 Å². The molecule has 0 spiro atoms. The molecule has 0 bridgehead atoms. The van der Waals surface area contributed by atoms with E-state index in [0.29, 0.717) is 24.5 Å². The zero-order valence-corrected chi connectivity index (χ0v) is 18.4. The Labute approximate surface area is 187 Å². The number of hydrogen-bond donors (Lipinski definition) is 0. The van der Waals surface area contributed by atoms with Gasteiger partial charge < -0.3 is 9.80 Å². The van der Waals surface area contributed by atoms with Crippen LogP contribution in [0.2, 0.25) is 10.0 Å². The maximum absolute atomic E-state index is 13.0. The minimum atomic E-state index is 0.0515. The van der Waals surface area contributed by atoms with Gasteiger partial charge in [0.2, 0.25) is 5.91 Å². The first kappa shape index (κ1) is 20.8. The topological polar surface area (TPSA) is 23.6 Å². The largest absolute Gasteiger partial charge is 0.361 e. The highest BCUT2D eigenvalue weighted by atomic mass is 35.5. The third-order valence-corrected chi connectivity index (χ3v) is 6.14. The lowest BCUT2D eigenvalue weighted by molar-refractivity contribution is -0.131. The molecule has 1 atom stereocenters. The van der Waals surface area contributed by atoms with Crippen molar-refractivity contribution >= 4 is 34.8 Å². The Hall–Kier alpha value is -2.49. The van der Waals surface area contributed by atoms with Gasteiger partial charge in [-0.05, 0) is 53.9 Å². The molecule has 5 heteroatoms. The second kappa shape index (κ2) is 9.11. The molecule has 0 aliphatic carbocycles. The smallest absolute Gasteiger partial charge is 0.227 e. The Morgan fingerprint density at radius 3 is 2.33 bits per heavy atom. The number of halogens is 2. The minimum Gasteiger partial charge on any atom is -0.361 e. The van der Waals surface area contributed by atoms with Crippen LogP contribution in [0.3, 0.4) is 0 Å². The minimum absolute atomic E-state index is 0.0515. The predicted octanol–water partition coefficient (Wildman–Crippen LogP) is 5.93. The number of anilines is 1. The fraction of sp³-hybridized carbons (Fsp3) is 0.240. The first-order chi connectivity index (χ1) is 14.5. The predicted molar refractivity (Wildman–Crippen MR) is 124 cm³/mol. The summed E-state index contributed by atoms with van der Waals surface area (Å²) in [5, 5.41) is 1.44. The van der Waals surface area contributed by atoms with Crippen molar-refractivity contribution < 1.29 is 4.79 Å². The number of amides is 1. The molecule has 1 aliphatic heterocycles. The molecule has 30 heavy (non-hydrogen) atoms. The molecule has 0 saturated carbocycles. The second-order valence-electron chi connectivity index (χ2n) is 7.69. The van der Waals surface area contributed by atoms with Gasteiger partial charge in [0, 0.05) is 35.4 Å². The van der Waals surface area contributed by atoms with Gasteiger partial charge >= 0.3 is 0 Å². The molecular weight excluding hydrogens is 415 g/mol. The number of carbonyl (C=O) groups excluding carboxylic acids is 1. The molecule has 4 rings (SSSR count). The molecular formula is C25H24Cl2N2O. The molecule has 0 aromatic heterocycles. The lowest BCUT2D eigenvalue weighted by Gasteiger charge is -2.43. The van der Waals surface area contributed by atoms with E-state index in [-0.39, 0.29) is 11.9 Å². The normalized spacial score (nSPS) is 16.6. The standard InChI is InChI=1S/C25H24Cl2N2O/c1-18-15-22(27)11-12-23(18)29-14-13-28(25(30)16-19-5-3-2-4-6-19)17-24(29)20-7-9-21(26)10-8-20/h2-12,15,24H,13-14,16-17H2,1H3. The lowest BCUT2D eigenvalue weighted by Crippen LogP contribution is -2.51. The summed E-state index contributed by atoms with van der Waals surface area (Å²) in [4.78, 5) is 17.4. The number of piperazine rings is 1. The Kier molecular flexibility index (Phi) is 6.31. The van der Waals surface area contributed by atoms with E-state index in [4.69, 9.17) is 23.2 Å². The fourth-order valence-electron chi connectivity index (χ4n) is 4.09. The Morgan fingerprint density at radius 1 is 0.933 bits per heavy atom. The summed E-state index contributed by atoms with van der Waals surface area (Å²) in [6, 6.07) is 23.9. The van der Waals surface area contributed by atoms with E-state index < -0.39 is 0 Å². The summed E-state index contributed by atoms with van der Waals surface area (Å²) in [6.45, 7) is 4.16. The summed E-state index contributed by atoms with van der Waals surface area (Å²) in [5.41, 5.74) is 4.47. The van der Waals surface area contributed by atoms with Crippen molar-refractivity contribution in [3.63, 3.8) is 0 Å². The first-order valence-corrected chi connectivity index (χ1v) is 10.9. The highest BCUT2D eigenvalue weighted by Crippen LogP contribution is 2.34. The lowest BCUT2D eigenvalue weighted by atomic mass is 9.99. The van der Waals surface area contributed by atoms with Crippen molar-refractivity contribution in [2.24, 2.45) is 0 Å². The SMILES string of the molecule is Cc1cc(Cl)ccc1N1CCN(C(=O)Cc2ccccc2)CC1c1ccc(Cl)cc1. The van der Waals surface area contributed by atoms with Crippen molar-refractivity contribution in [3.8, 4) is 0 Å². The third-order valence-electron chi connectivity index (χ3n) is 5.65. The second-order valence-corrected chi connectivity index (χ2v) is 8.57. The number of hydrogen-bond acceptors (Lipinski definition) is 2. The number of aryl methyl sites for hydroxylation is 1. The van der Waals surface area contributed by atoms with Gasteiger partial charge in [0.25, 0.3) is 0 Å². The maximum Gasteiger partial charge on any atom is 0.227 e. The van der Waals surface area contributed by atoms with Gasteiger partial charge in [-0.1, -0.05) is 65.7 Å². The van der Waals surface area contributed by atoms with Gasteiger partial charge in [-0.25, -0.2) is 0 Å². The Bertz CT molecular complexity index is 1020. The van der Waals surface area contributed by atoms with Crippen molar-refractivity contribution in [1.29, 1.82) is 0 Å². The van der Waals surface area contributed by atoms with Gasteiger partial charge in [-0.15, -0.1) is 0 Å². The number of nitrogens with zero attached hydrogens (tertiary/aromatic N) is 2. The van der Waals surface area contributed by atoms with Crippen molar-refractivity contribution in [2.75, 3.05) is 24.5 Å². The first-order valence-electron chi connectivity index (χ1n) is 10.1. The molecule has 1 unspecified atom stereocenters. The maximum atomic E-state index is 13.0. The van der Waals surface area contributed by atoms with Crippen LogP contribution in [0.15, 0.2) is 72.8 Å².